The third kappa shape index (κ3) is 2.52. The Bertz CT molecular complexity index is 912. The number of hydrogen-bond donors (Lipinski definition) is 2. The molecule has 1 aliphatic heterocycles. The van der Waals surface area contributed by atoms with Crippen LogP contribution < -0.4 is 4.90 Å². The minimum atomic E-state index is -0.000838. The third-order valence-corrected chi connectivity index (χ3v) is 4.89. The molecule has 3 aromatic rings. The average Bonchev–Trinajstić information content (AvgIpc) is 3.32. The fraction of sp³-hybridized carbons (Fsp3) is 0.333. The van der Waals surface area contributed by atoms with E-state index in [9.17, 15) is 4.79 Å². The molecule has 25 heavy (non-hydrogen) atoms. The van der Waals surface area contributed by atoms with Crippen LogP contribution in [0.1, 0.15) is 41.4 Å². The van der Waals surface area contributed by atoms with Gasteiger partial charge < -0.3 is 9.88 Å². The van der Waals surface area contributed by atoms with Crippen LogP contribution in [-0.4, -0.2) is 38.1 Å². The highest BCUT2D eigenvalue weighted by Crippen LogP contribution is 2.41. The molecule has 0 bridgehead atoms. The Morgan fingerprint density at radius 1 is 1.32 bits per heavy atom. The number of fused-ring (bicyclic) bond motifs is 1. The molecule has 0 radical (unpaired) electrons. The first-order valence-electron chi connectivity index (χ1n) is 8.40. The zero-order valence-electron chi connectivity index (χ0n) is 14.4. The van der Waals surface area contributed by atoms with Crippen molar-refractivity contribution >= 4 is 11.6 Å². The highest BCUT2D eigenvalue weighted by Gasteiger charge is 2.35. The molecule has 1 aromatic carbocycles. The second-order valence-corrected chi connectivity index (χ2v) is 6.78. The highest BCUT2D eigenvalue weighted by molar-refractivity contribution is 6.08. The summed E-state index contributed by atoms with van der Waals surface area (Å²) in [6.07, 6.45) is 0. The van der Waals surface area contributed by atoms with Gasteiger partial charge in [-0.25, -0.2) is 0 Å². The number of rotatable bonds is 3. The summed E-state index contributed by atoms with van der Waals surface area (Å²) in [7, 11) is 0. The molecule has 0 saturated carbocycles. The Morgan fingerprint density at radius 2 is 2.12 bits per heavy atom. The van der Waals surface area contributed by atoms with Crippen LogP contribution in [0.15, 0.2) is 30.3 Å². The SMILES string of the molecule is Cc1[nH]c(-c2nn[nH]n2)cc1C(=O)N1CC(C(C)C)c2ccccc21. The van der Waals surface area contributed by atoms with Crippen LogP contribution in [0.4, 0.5) is 5.69 Å². The molecule has 7 nitrogen and oxygen atoms in total. The van der Waals surface area contributed by atoms with Crippen molar-refractivity contribution in [2.24, 2.45) is 5.92 Å². The van der Waals surface area contributed by atoms with Gasteiger partial charge in [-0.1, -0.05) is 32.0 Å². The van der Waals surface area contributed by atoms with E-state index in [1.54, 1.807) is 6.07 Å². The normalized spacial score (nSPS) is 16.5. The van der Waals surface area contributed by atoms with E-state index in [1.165, 1.54) is 5.56 Å². The average molecular weight is 336 g/mol. The number of anilines is 1. The molecule has 0 fully saturated rings. The van der Waals surface area contributed by atoms with E-state index in [0.717, 1.165) is 11.4 Å². The standard InChI is InChI=1S/C18H20N6O/c1-10(2)14-9-24(16-7-5-4-6-12(14)16)18(25)13-8-15(19-11(13)3)17-20-22-23-21-17/h4-8,10,14,19H,9H2,1-3H3,(H,20,21,22,23). The monoisotopic (exact) mass is 336 g/mol. The number of nitrogens with zero attached hydrogens (tertiary/aromatic N) is 4. The molecular weight excluding hydrogens is 316 g/mol. The summed E-state index contributed by atoms with van der Waals surface area (Å²) in [6.45, 7) is 6.99. The largest absolute Gasteiger partial charge is 0.355 e. The molecule has 0 saturated heterocycles. The number of benzene rings is 1. The Balaban J connectivity index is 1.70. The van der Waals surface area contributed by atoms with E-state index in [4.69, 9.17) is 0 Å². The molecule has 2 aromatic heterocycles. The fourth-order valence-corrected chi connectivity index (χ4v) is 3.52. The van der Waals surface area contributed by atoms with Gasteiger partial charge in [0, 0.05) is 23.8 Å². The van der Waals surface area contributed by atoms with Crippen LogP contribution >= 0.6 is 0 Å². The predicted octanol–water partition coefficient (Wildman–Crippen LogP) is 2.90. The number of carbonyl (C=O) groups excluding carboxylic acids is 1. The van der Waals surface area contributed by atoms with Crippen molar-refractivity contribution in [3.63, 3.8) is 0 Å². The van der Waals surface area contributed by atoms with Crippen molar-refractivity contribution in [1.29, 1.82) is 0 Å². The van der Waals surface area contributed by atoms with Gasteiger partial charge in [0.2, 0.25) is 5.82 Å². The first-order valence-corrected chi connectivity index (χ1v) is 8.40. The molecule has 0 aliphatic carbocycles. The summed E-state index contributed by atoms with van der Waals surface area (Å²) < 4.78 is 0. The zero-order chi connectivity index (χ0) is 17.6. The van der Waals surface area contributed by atoms with E-state index < -0.39 is 0 Å². The first-order chi connectivity index (χ1) is 12.1. The fourth-order valence-electron chi connectivity index (χ4n) is 3.52. The molecule has 4 rings (SSSR count). The summed E-state index contributed by atoms with van der Waals surface area (Å²) in [4.78, 5) is 18.3. The van der Waals surface area contributed by atoms with Crippen molar-refractivity contribution in [2.45, 2.75) is 26.7 Å². The van der Waals surface area contributed by atoms with E-state index >= 15 is 0 Å². The number of para-hydroxylation sites is 1. The molecule has 0 spiro atoms. The molecule has 128 valence electrons. The highest BCUT2D eigenvalue weighted by atomic mass is 16.2. The minimum absolute atomic E-state index is 0.000838. The van der Waals surface area contributed by atoms with Gasteiger partial charge in [-0.15, -0.1) is 10.2 Å². The van der Waals surface area contributed by atoms with Crippen molar-refractivity contribution < 1.29 is 4.79 Å². The van der Waals surface area contributed by atoms with Crippen molar-refractivity contribution in [3.8, 4) is 11.5 Å². The number of aromatic nitrogens is 5. The molecule has 1 amide bonds. The lowest BCUT2D eigenvalue weighted by Crippen LogP contribution is -2.30. The molecule has 3 heterocycles. The second-order valence-electron chi connectivity index (χ2n) is 6.78. The summed E-state index contributed by atoms with van der Waals surface area (Å²) in [5.74, 6) is 1.28. The number of aryl methyl sites for hydroxylation is 1. The second kappa shape index (κ2) is 5.84. The van der Waals surface area contributed by atoms with E-state index in [1.807, 2.05) is 30.0 Å². The van der Waals surface area contributed by atoms with Gasteiger partial charge in [0.1, 0.15) is 0 Å². The number of aromatic amines is 2. The minimum Gasteiger partial charge on any atom is -0.355 e. The van der Waals surface area contributed by atoms with Gasteiger partial charge in [-0.2, -0.15) is 5.21 Å². The van der Waals surface area contributed by atoms with Gasteiger partial charge in [0.25, 0.3) is 5.91 Å². The van der Waals surface area contributed by atoms with Crippen molar-refractivity contribution in [3.05, 3.63) is 47.2 Å². The van der Waals surface area contributed by atoms with Crippen LogP contribution in [0.5, 0.6) is 0 Å². The topological polar surface area (TPSA) is 90.6 Å². The van der Waals surface area contributed by atoms with Crippen LogP contribution in [-0.2, 0) is 0 Å². The van der Waals surface area contributed by atoms with Crippen molar-refractivity contribution in [1.82, 2.24) is 25.6 Å². The zero-order valence-corrected chi connectivity index (χ0v) is 14.4. The van der Waals surface area contributed by atoms with Gasteiger partial charge in [0.15, 0.2) is 0 Å². The number of tetrazole rings is 1. The van der Waals surface area contributed by atoms with E-state index in [2.05, 4.69) is 45.5 Å². The van der Waals surface area contributed by atoms with Gasteiger partial charge in [-0.05, 0) is 35.8 Å². The van der Waals surface area contributed by atoms with E-state index in [-0.39, 0.29) is 5.91 Å². The number of H-pyrrole nitrogens is 2. The summed E-state index contributed by atoms with van der Waals surface area (Å²) >= 11 is 0. The lowest BCUT2D eigenvalue weighted by atomic mass is 9.90. The van der Waals surface area contributed by atoms with Crippen molar-refractivity contribution in [2.75, 3.05) is 11.4 Å². The van der Waals surface area contributed by atoms with Gasteiger partial charge in [0.05, 0.1) is 11.3 Å². The maximum Gasteiger partial charge on any atom is 0.260 e. The van der Waals surface area contributed by atoms with Gasteiger partial charge in [-0.3, -0.25) is 4.79 Å². The lowest BCUT2D eigenvalue weighted by molar-refractivity contribution is 0.0987. The molecule has 2 N–H and O–H groups in total. The maximum atomic E-state index is 13.2. The summed E-state index contributed by atoms with van der Waals surface area (Å²) in [5.41, 5.74) is 4.38. The molecular formula is C18H20N6O. The third-order valence-electron chi connectivity index (χ3n) is 4.89. The molecule has 1 aliphatic rings. The molecule has 7 heteroatoms. The number of nitrogens with one attached hydrogen (secondary N) is 2. The van der Waals surface area contributed by atoms with Gasteiger partial charge >= 0.3 is 0 Å². The smallest absolute Gasteiger partial charge is 0.260 e. The number of hydrogen-bond acceptors (Lipinski definition) is 4. The molecule has 1 unspecified atom stereocenters. The Labute approximate surface area is 145 Å². The summed E-state index contributed by atoms with van der Waals surface area (Å²) in [6, 6.07) is 9.97. The lowest BCUT2D eigenvalue weighted by Gasteiger charge is -2.19. The quantitative estimate of drug-likeness (QED) is 0.769. The number of amides is 1. The van der Waals surface area contributed by atoms with Crippen LogP contribution in [0, 0.1) is 12.8 Å². The maximum absolute atomic E-state index is 13.2. The van der Waals surface area contributed by atoms with Crippen LogP contribution in [0.2, 0.25) is 0 Å². The number of carbonyl (C=O) groups is 1. The predicted molar refractivity (Wildman–Crippen MR) is 94.4 cm³/mol. The van der Waals surface area contributed by atoms with Crippen LogP contribution in [0.25, 0.3) is 11.5 Å². The van der Waals surface area contributed by atoms with E-state index in [0.29, 0.717) is 35.5 Å². The Hall–Kier alpha value is -2.96. The van der Waals surface area contributed by atoms with Crippen LogP contribution in [0.3, 0.4) is 0 Å². The summed E-state index contributed by atoms with van der Waals surface area (Å²) in [5, 5.41) is 13.9. The Morgan fingerprint density at radius 3 is 2.84 bits per heavy atom. The molecule has 1 atom stereocenters. The Kier molecular flexibility index (Phi) is 3.63. The first kappa shape index (κ1) is 15.6.